The lowest BCUT2D eigenvalue weighted by Crippen LogP contribution is -2.31. The molecule has 1 fully saturated rings. The zero-order valence-electron chi connectivity index (χ0n) is 20.3. The summed E-state index contributed by atoms with van der Waals surface area (Å²) in [6.45, 7) is 2.73. The van der Waals surface area contributed by atoms with Gasteiger partial charge in [-0.25, -0.2) is 13.5 Å². The number of rotatable bonds is 7. The van der Waals surface area contributed by atoms with Crippen LogP contribution in [0.15, 0.2) is 76.2 Å². The summed E-state index contributed by atoms with van der Waals surface area (Å²) in [5.74, 6) is -1.63. The number of carbonyl (C=O) groups is 1. The number of hydrogen-bond donors (Lipinski definition) is 0. The van der Waals surface area contributed by atoms with Crippen molar-refractivity contribution in [2.45, 2.75) is 30.1 Å². The monoisotopic (exact) mass is 600 g/mol. The second-order valence-corrected chi connectivity index (χ2v) is 11.6. The lowest BCUT2D eigenvalue weighted by atomic mass is 10.1. The van der Waals surface area contributed by atoms with Crippen molar-refractivity contribution in [2.24, 2.45) is 0 Å². The van der Waals surface area contributed by atoms with Gasteiger partial charge in [0.25, 0.3) is 5.91 Å². The van der Waals surface area contributed by atoms with Crippen LogP contribution in [0.3, 0.4) is 0 Å². The molecule has 0 radical (unpaired) electrons. The Morgan fingerprint density at radius 3 is 2.58 bits per heavy atom. The van der Waals surface area contributed by atoms with Gasteiger partial charge < -0.3 is 9.64 Å². The predicted molar refractivity (Wildman–Crippen MR) is 142 cm³/mol. The van der Waals surface area contributed by atoms with Crippen LogP contribution in [0.4, 0.5) is 8.78 Å². The lowest BCUT2D eigenvalue weighted by molar-refractivity contribution is 0.0793. The fourth-order valence-electron chi connectivity index (χ4n) is 4.28. The molecule has 2 atom stereocenters. The van der Waals surface area contributed by atoms with Crippen LogP contribution in [0.5, 0.6) is 5.75 Å². The average Bonchev–Trinajstić information content (AvgIpc) is 3.57. The Bertz CT molecular complexity index is 1490. The molecule has 1 aliphatic rings. The van der Waals surface area contributed by atoms with Gasteiger partial charge in [-0.15, -0.1) is 5.10 Å². The highest BCUT2D eigenvalue weighted by Crippen LogP contribution is 2.26. The quantitative estimate of drug-likeness (QED) is 0.291. The van der Waals surface area contributed by atoms with Crippen LogP contribution in [-0.2, 0) is 17.4 Å². The molecule has 0 saturated carbocycles. The van der Waals surface area contributed by atoms with Gasteiger partial charge in [0.2, 0.25) is 0 Å². The van der Waals surface area contributed by atoms with Gasteiger partial charge in [-0.1, -0.05) is 27.2 Å². The van der Waals surface area contributed by atoms with Crippen molar-refractivity contribution in [1.29, 1.82) is 0 Å². The second-order valence-electron chi connectivity index (χ2n) is 8.98. The largest absolute Gasteiger partial charge is 0.487 e. The predicted octanol–water partition coefficient (Wildman–Crippen LogP) is 5.22. The molecule has 4 aromatic rings. The molecule has 5 rings (SSSR count). The molecule has 1 amide bonds. The molecule has 0 spiro atoms. The van der Waals surface area contributed by atoms with Crippen molar-refractivity contribution >= 4 is 32.6 Å². The van der Waals surface area contributed by atoms with Gasteiger partial charge in [0.15, 0.2) is 0 Å². The first-order valence-corrected chi connectivity index (χ1v) is 13.8. The molecule has 38 heavy (non-hydrogen) atoms. The Balaban J connectivity index is 1.31. The summed E-state index contributed by atoms with van der Waals surface area (Å²) in [5, 5.41) is 8.08. The first-order chi connectivity index (χ1) is 18.3. The van der Waals surface area contributed by atoms with E-state index in [1.54, 1.807) is 17.2 Å². The number of ether oxygens (including phenoxy) is 1. The molecule has 7 nitrogen and oxygen atoms in total. The fraction of sp³-hybridized carbons (Fsp3) is 0.222. The Kier molecular flexibility index (Phi) is 7.66. The molecule has 1 saturated heterocycles. The van der Waals surface area contributed by atoms with Crippen molar-refractivity contribution in [2.75, 3.05) is 13.1 Å². The van der Waals surface area contributed by atoms with Gasteiger partial charge in [-0.05, 0) is 55.3 Å². The average molecular weight is 601 g/mol. The number of halogens is 3. The van der Waals surface area contributed by atoms with Gasteiger partial charge in [0.1, 0.15) is 29.7 Å². The van der Waals surface area contributed by atoms with Crippen LogP contribution in [0.25, 0.3) is 5.69 Å². The number of benzene rings is 3. The van der Waals surface area contributed by atoms with Crippen LogP contribution >= 0.6 is 15.9 Å². The summed E-state index contributed by atoms with van der Waals surface area (Å²) in [7, 11) is -1.23. The standard InChI is InChI=1S/C27H23BrF2N4O3S/c1-17-2-7-25(27(35)33-9-8-24(15-33)38(36)23-5-3-18(28)4-6-23)26(10-17)34-14-21(31-32-34)16-37-22-12-19(29)11-20(30)13-22/h2-7,10-14,24H,8-9,15-16H2,1H3. The van der Waals surface area contributed by atoms with Crippen molar-refractivity contribution in [1.82, 2.24) is 19.9 Å². The number of carbonyl (C=O) groups excluding carboxylic acids is 1. The van der Waals surface area contributed by atoms with Crippen molar-refractivity contribution < 1.29 is 22.5 Å². The summed E-state index contributed by atoms with van der Waals surface area (Å²) < 4.78 is 47.8. The third-order valence-electron chi connectivity index (χ3n) is 6.18. The van der Waals surface area contributed by atoms with E-state index in [1.807, 2.05) is 43.3 Å². The van der Waals surface area contributed by atoms with Crippen LogP contribution in [0.1, 0.15) is 28.0 Å². The van der Waals surface area contributed by atoms with Gasteiger partial charge in [0.05, 0.1) is 33.5 Å². The van der Waals surface area contributed by atoms with Gasteiger partial charge in [-0.3, -0.25) is 9.00 Å². The van der Waals surface area contributed by atoms with Crippen LogP contribution in [0.2, 0.25) is 0 Å². The maximum atomic E-state index is 13.5. The Hall–Kier alpha value is -3.44. The van der Waals surface area contributed by atoms with E-state index < -0.39 is 22.4 Å². The first-order valence-electron chi connectivity index (χ1n) is 11.8. The third-order valence-corrected chi connectivity index (χ3v) is 8.43. The maximum absolute atomic E-state index is 13.5. The van der Waals surface area contributed by atoms with Crippen molar-refractivity contribution in [3.05, 3.63) is 99.8 Å². The summed E-state index contributed by atoms with van der Waals surface area (Å²) in [6.07, 6.45) is 2.25. The molecule has 1 aromatic heterocycles. The highest BCUT2D eigenvalue weighted by molar-refractivity contribution is 9.10. The first kappa shape index (κ1) is 26.2. The van der Waals surface area contributed by atoms with E-state index in [0.29, 0.717) is 36.5 Å². The van der Waals surface area contributed by atoms with Crippen LogP contribution in [-0.4, -0.2) is 48.3 Å². The highest BCUT2D eigenvalue weighted by atomic mass is 79.9. The minimum Gasteiger partial charge on any atom is -0.487 e. The summed E-state index contributed by atoms with van der Waals surface area (Å²) >= 11 is 3.39. The zero-order valence-corrected chi connectivity index (χ0v) is 22.7. The maximum Gasteiger partial charge on any atom is 0.256 e. The van der Waals surface area contributed by atoms with E-state index in [1.165, 1.54) is 4.68 Å². The Morgan fingerprint density at radius 2 is 1.84 bits per heavy atom. The molecule has 0 N–H and O–H groups in total. The van der Waals surface area contributed by atoms with Crippen molar-refractivity contribution in [3.8, 4) is 11.4 Å². The SMILES string of the molecule is Cc1ccc(C(=O)N2CCC(S(=O)c3ccc(Br)cc3)C2)c(-n2cc(COc3cc(F)cc(F)c3)nn2)c1. The Morgan fingerprint density at radius 1 is 1.11 bits per heavy atom. The minimum absolute atomic E-state index is 0.0348. The van der Waals surface area contributed by atoms with Crippen LogP contribution in [0, 0.1) is 18.6 Å². The number of nitrogens with zero attached hydrogens (tertiary/aromatic N) is 4. The van der Waals surface area contributed by atoms with E-state index >= 15 is 0 Å². The van der Waals surface area contributed by atoms with E-state index in [4.69, 9.17) is 4.74 Å². The van der Waals surface area contributed by atoms with E-state index in [2.05, 4.69) is 26.2 Å². The molecular formula is C27H23BrF2N4O3S. The molecule has 0 bridgehead atoms. The summed E-state index contributed by atoms with van der Waals surface area (Å²) in [5.41, 5.74) is 2.33. The van der Waals surface area contributed by atoms with Crippen LogP contribution < -0.4 is 4.74 Å². The lowest BCUT2D eigenvalue weighted by Gasteiger charge is -2.19. The van der Waals surface area contributed by atoms with Crippen molar-refractivity contribution in [3.63, 3.8) is 0 Å². The minimum atomic E-state index is -1.23. The fourth-order valence-corrected chi connectivity index (χ4v) is 5.97. The van der Waals surface area contributed by atoms with E-state index in [-0.39, 0.29) is 23.5 Å². The molecule has 2 heterocycles. The molecule has 3 aromatic carbocycles. The van der Waals surface area contributed by atoms with Gasteiger partial charge >= 0.3 is 0 Å². The molecule has 196 valence electrons. The smallest absolute Gasteiger partial charge is 0.256 e. The molecule has 2 unspecified atom stereocenters. The van der Waals surface area contributed by atoms with Gasteiger partial charge in [-0.2, -0.15) is 0 Å². The molecule has 0 aliphatic carbocycles. The molecule has 1 aliphatic heterocycles. The highest BCUT2D eigenvalue weighted by Gasteiger charge is 2.32. The Labute approximate surface area is 229 Å². The number of likely N-dealkylation sites (tertiary alicyclic amines) is 1. The number of amides is 1. The topological polar surface area (TPSA) is 77.3 Å². The molecule has 11 heteroatoms. The normalized spacial score (nSPS) is 16.0. The molecular weight excluding hydrogens is 578 g/mol. The summed E-state index contributed by atoms with van der Waals surface area (Å²) in [4.78, 5) is 16.0. The van der Waals surface area contributed by atoms with E-state index in [9.17, 15) is 17.8 Å². The van der Waals surface area contributed by atoms with E-state index in [0.717, 1.165) is 33.1 Å². The number of aryl methyl sites for hydroxylation is 1. The second kappa shape index (κ2) is 11.1. The van der Waals surface area contributed by atoms with Gasteiger partial charge in [0, 0.05) is 40.7 Å². The summed E-state index contributed by atoms with van der Waals surface area (Å²) in [6, 6.07) is 15.7. The number of hydrogen-bond acceptors (Lipinski definition) is 5. The zero-order chi connectivity index (χ0) is 26.8. The number of aromatic nitrogens is 3. The third kappa shape index (κ3) is 5.83.